The van der Waals surface area contributed by atoms with Gasteiger partial charge in [0.25, 0.3) is 0 Å². The highest BCUT2D eigenvalue weighted by Crippen LogP contribution is 2.31. The van der Waals surface area contributed by atoms with E-state index in [1.165, 1.54) is 15.4 Å². The zero-order chi connectivity index (χ0) is 19.1. The van der Waals surface area contributed by atoms with Crippen molar-refractivity contribution in [3.63, 3.8) is 0 Å². The van der Waals surface area contributed by atoms with Crippen LogP contribution in [0.4, 0.5) is 24.9 Å². The maximum Gasteiger partial charge on any atom is 0.242 e. The summed E-state index contributed by atoms with van der Waals surface area (Å²) in [5.41, 5.74) is 7.27. The first-order valence-electron chi connectivity index (χ1n) is 7.98. The Morgan fingerprint density at radius 3 is 2.81 bits per heavy atom. The van der Waals surface area contributed by atoms with E-state index in [0.29, 0.717) is 5.52 Å². The number of aryl methyl sites for hydroxylation is 1. The predicted molar refractivity (Wildman–Crippen MR) is 91.8 cm³/mol. The summed E-state index contributed by atoms with van der Waals surface area (Å²) in [6.45, 7) is -0.0552. The van der Waals surface area contributed by atoms with E-state index in [-0.39, 0.29) is 47.2 Å². The molecule has 0 bridgehead atoms. The number of rotatable bonds is 5. The number of nitrogens with two attached hydrogens (primary N) is 1. The maximum absolute atomic E-state index is 14.6. The number of fused-ring (bicyclic) bond motifs is 2. The van der Waals surface area contributed by atoms with E-state index in [2.05, 4.69) is 30.7 Å². The third-order valence-electron chi connectivity index (χ3n) is 4.01. The molecule has 0 fully saturated rings. The van der Waals surface area contributed by atoms with Crippen molar-refractivity contribution in [2.24, 2.45) is 0 Å². The van der Waals surface area contributed by atoms with Gasteiger partial charge in [-0.05, 0) is 12.1 Å². The van der Waals surface area contributed by atoms with Crippen LogP contribution in [0.5, 0.6) is 0 Å². The molecule has 0 atom stereocenters. The van der Waals surface area contributed by atoms with Gasteiger partial charge in [0, 0.05) is 13.5 Å². The normalized spacial score (nSPS) is 11.7. The van der Waals surface area contributed by atoms with Gasteiger partial charge in [-0.2, -0.15) is 4.98 Å². The van der Waals surface area contributed by atoms with E-state index < -0.39 is 12.2 Å². The number of nitrogens with zero attached hydrogens (tertiary/aromatic N) is 7. The van der Waals surface area contributed by atoms with E-state index in [9.17, 15) is 13.2 Å². The lowest BCUT2D eigenvalue weighted by Crippen LogP contribution is -2.06. The molecule has 0 amide bonds. The van der Waals surface area contributed by atoms with Crippen LogP contribution in [0.15, 0.2) is 18.3 Å². The Morgan fingerprint density at radius 1 is 1.26 bits per heavy atom. The molecule has 0 saturated heterocycles. The summed E-state index contributed by atoms with van der Waals surface area (Å²) in [6, 6.07) is 3.14. The van der Waals surface area contributed by atoms with Crippen LogP contribution in [0.3, 0.4) is 0 Å². The Morgan fingerprint density at radius 2 is 2.07 bits per heavy atom. The molecule has 9 nitrogen and oxygen atoms in total. The molecule has 3 N–H and O–H groups in total. The highest BCUT2D eigenvalue weighted by atomic mass is 19.3. The Balaban J connectivity index is 1.87. The van der Waals surface area contributed by atoms with Gasteiger partial charge in [-0.25, -0.2) is 27.4 Å². The van der Waals surface area contributed by atoms with Crippen molar-refractivity contribution < 1.29 is 13.2 Å². The van der Waals surface area contributed by atoms with Gasteiger partial charge in [0.05, 0.1) is 24.0 Å². The molecule has 4 rings (SSSR count). The minimum absolute atomic E-state index is 0.0552. The molecule has 140 valence electrons. The first kappa shape index (κ1) is 17.0. The SMILES string of the molecule is CNc1nc(N)c2c(-c3ccc4nnn(CCC(F)F)c4n3)c(F)cn2n1. The minimum Gasteiger partial charge on any atom is -0.382 e. The number of hydrogen-bond acceptors (Lipinski definition) is 7. The lowest BCUT2D eigenvalue weighted by molar-refractivity contribution is 0.130. The van der Waals surface area contributed by atoms with Crippen LogP contribution in [0.1, 0.15) is 6.42 Å². The van der Waals surface area contributed by atoms with Crippen molar-refractivity contribution in [1.82, 2.24) is 34.6 Å². The van der Waals surface area contributed by atoms with Gasteiger partial charge >= 0.3 is 0 Å². The van der Waals surface area contributed by atoms with Crippen LogP contribution in [0.2, 0.25) is 0 Å². The fraction of sp³-hybridized carbons (Fsp3) is 0.267. The summed E-state index contributed by atoms with van der Waals surface area (Å²) >= 11 is 0. The monoisotopic (exact) mass is 377 g/mol. The third kappa shape index (κ3) is 2.88. The van der Waals surface area contributed by atoms with Crippen LogP contribution >= 0.6 is 0 Å². The Labute approximate surface area is 150 Å². The standard InChI is InChI=1S/C15H14F3N9/c1-20-15-22-13(19)12-11(7(16)6-27(12)24-15)8-2-3-9-14(21-8)26(25-23-9)5-4-10(17)18/h2-3,6,10H,4-5H2,1H3,(H3,19,20,22,24). The van der Waals surface area contributed by atoms with E-state index in [1.807, 2.05) is 0 Å². The number of pyridine rings is 1. The quantitative estimate of drug-likeness (QED) is 0.547. The Hall–Kier alpha value is -3.44. The fourth-order valence-corrected chi connectivity index (χ4v) is 2.79. The van der Waals surface area contributed by atoms with Gasteiger partial charge in [-0.3, -0.25) is 0 Å². The molecular weight excluding hydrogens is 363 g/mol. The van der Waals surface area contributed by atoms with Gasteiger partial charge in [-0.1, -0.05) is 5.21 Å². The smallest absolute Gasteiger partial charge is 0.242 e. The van der Waals surface area contributed by atoms with Gasteiger partial charge in [0.15, 0.2) is 17.3 Å². The van der Waals surface area contributed by atoms with Crippen LogP contribution < -0.4 is 11.1 Å². The lowest BCUT2D eigenvalue weighted by atomic mass is 10.1. The first-order chi connectivity index (χ1) is 13.0. The zero-order valence-electron chi connectivity index (χ0n) is 14.1. The third-order valence-corrected chi connectivity index (χ3v) is 4.01. The van der Waals surface area contributed by atoms with E-state index in [0.717, 1.165) is 0 Å². The average Bonchev–Trinajstić information content (AvgIpc) is 3.19. The molecule has 0 spiro atoms. The fourth-order valence-electron chi connectivity index (χ4n) is 2.79. The lowest BCUT2D eigenvalue weighted by Gasteiger charge is -2.06. The summed E-state index contributed by atoms with van der Waals surface area (Å²) < 4.78 is 42.2. The number of nitrogens with one attached hydrogen (secondary N) is 1. The van der Waals surface area contributed by atoms with Crippen molar-refractivity contribution in [3.8, 4) is 11.3 Å². The molecule has 12 heteroatoms. The molecule has 27 heavy (non-hydrogen) atoms. The summed E-state index contributed by atoms with van der Waals surface area (Å²) in [5, 5.41) is 14.6. The summed E-state index contributed by atoms with van der Waals surface area (Å²) in [5.74, 6) is -0.290. The topological polar surface area (TPSA) is 112 Å². The van der Waals surface area contributed by atoms with Crippen LogP contribution in [0.25, 0.3) is 27.9 Å². The largest absolute Gasteiger partial charge is 0.382 e. The second kappa shape index (κ2) is 6.37. The number of anilines is 2. The molecule has 0 aliphatic carbocycles. The van der Waals surface area contributed by atoms with Gasteiger partial charge < -0.3 is 11.1 Å². The number of hydrogen-bond donors (Lipinski definition) is 2. The predicted octanol–water partition coefficient (Wildman–Crippen LogP) is 1.95. The van der Waals surface area contributed by atoms with Gasteiger partial charge in [-0.15, -0.1) is 10.2 Å². The molecule has 0 aliphatic rings. The minimum atomic E-state index is -2.47. The van der Waals surface area contributed by atoms with Gasteiger partial charge in [0.1, 0.15) is 11.0 Å². The number of halogens is 3. The molecule has 0 saturated carbocycles. The van der Waals surface area contributed by atoms with Crippen LogP contribution in [0, 0.1) is 5.82 Å². The first-order valence-corrected chi connectivity index (χ1v) is 7.98. The van der Waals surface area contributed by atoms with Crippen molar-refractivity contribution in [2.45, 2.75) is 19.4 Å². The van der Waals surface area contributed by atoms with E-state index >= 15 is 0 Å². The highest BCUT2D eigenvalue weighted by molar-refractivity contribution is 5.88. The summed E-state index contributed by atoms with van der Waals surface area (Å²) in [4.78, 5) is 8.43. The molecule has 0 radical (unpaired) electrons. The summed E-state index contributed by atoms with van der Waals surface area (Å²) in [7, 11) is 1.62. The molecule has 4 aromatic rings. The van der Waals surface area contributed by atoms with E-state index in [1.54, 1.807) is 19.2 Å². The Bertz CT molecular complexity index is 1130. The Kier molecular flexibility index (Phi) is 4.01. The van der Waals surface area contributed by atoms with Crippen molar-refractivity contribution in [3.05, 3.63) is 24.1 Å². The van der Waals surface area contributed by atoms with E-state index in [4.69, 9.17) is 5.73 Å². The number of nitrogen functional groups attached to an aromatic ring is 1. The number of alkyl halides is 2. The molecular formula is C15H14F3N9. The molecule has 4 heterocycles. The average molecular weight is 377 g/mol. The molecule has 0 aromatic carbocycles. The molecule has 4 aromatic heterocycles. The van der Waals surface area contributed by atoms with Crippen molar-refractivity contribution in [2.75, 3.05) is 18.1 Å². The van der Waals surface area contributed by atoms with Crippen molar-refractivity contribution in [1.29, 1.82) is 0 Å². The highest BCUT2D eigenvalue weighted by Gasteiger charge is 2.20. The second-order valence-corrected chi connectivity index (χ2v) is 5.75. The van der Waals surface area contributed by atoms with Crippen molar-refractivity contribution >= 4 is 28.4 Å². The van der Waals surface area contributed by atoms with Gasteiger partial charge in [0.2, 0.25) is 12.4 Å². The van der Waals surface area contributed by atoms with Crippen LogP contribution in [-0.4, -0.2) is 48.0 Å². The second-order valence-electron chi connectivity index (χ2n) is 5.75. The maximum atomic E-state index is 14.6. The van der Waals surface area contributed by atoms with Crippen LogP contribution in [-0.2, 0) is 6.54 Å². The molecule has 0 unspecified atom stereocenters. The number of aromatic nitrogens is 7. The molecule has 0 aliphatic heterocycles. The zero-order valence-corrected chi connectivity index (χ0v) is 14.1. The summed E-state index contributed by atoms with van der Waals surface area (Å²) in [6.07, 6.45) is -1.69.